The van der Waals surface area contributed by atoms with Gasteiger partial charge in [-0.05, 0) is 43.4 Å². The Balaban J connectivity index is 1.70. The summed E-state index contributed by atoms with van der Waals surface area (Å²) in [5.74, 6) is -0.246. The molecule has 1 aliphatic carbocycles. The Labute approximate surface area is 153 Å². The zero-order chi connectivity index (χ0) is 18.5. The summed E-state index contributed by atoms with van der Waals surface area (Å²) in [6.45, 7) is 2.41. The third-order valence-electron chi connectivity index (χ3n) is 4.52. The zero-order valence-electron chi connectivity index (χ0n) is 15.2. The number of nitrogens with zero attached hydrogens (tertiary/aromatic N) is 2. The molecule has 1 aromatic carbocycles. The van der Waals surface area contributed by atoms with Crippen molar-refractivity contribution in [1.29, 1.82) is 0 Å². The molecule has 26 heavy (non-hydrogen) atoms. The van der Waals surface area contributed by atoms with E-state index in [0.29, 0.717) is 11.5 Å². The van der Waals surface area contributed by atoms with Crippen molar-refractivity contribution < 1.29 is 18.7 Å². The average Bonchev–Trinajstić information content (AvgIpc) is 3.41. The molecule has 0 N–H and O–H groups in total. The SMILES string of the molecule is CCCCc1ccc(C(=O)N(Cc2nc(C(=O)OC)co2)C2CC2)cc1. The lowest BCUT2D eigenvalue weighted by Crippen LogP contribution is -2.32. The molecule has 0 unspecified atom stereocenters. The fourth-order valence-corrected chi connectivity index (χ4v) is 2.84. The molecule has 6 heteroatoms. The normalized spacial score (nSPS) is 13.5. The summed E-state index contributed by atoms with van der Waals surface area (Å²) >= 11 is 0. The number of carbonyl (C=O) groups is 2. The van der Waals surface area contributed by atoms with Gasteiger partial charge in [0.15, 0.2) is 5.69 Å². The van der Waals surface area contributed by atoms with Crippen LogP contribution in [0.2, 0.25) is 0 Å². The second kappa shape index (κ2) is 8.17. The standard InChI is InChI=1S/C20H24N2O4/c1-3-4-5-14-6-8-15(9-7-14)19(23)22(16-10-11-16)12-18-21-17(13-26-18)20(24)25-2/h6-9,13,16H,3-5,10-12H2,1-2H3. The van der Waals surface area contributed by atoms with Gasteiger partial charge < -0.3 is 14.1 Å². The second-order valence-corrected chi connectivity index (χ2v) is 6.58. The second-order valence-electron chi connectivity index (χ2n) is 6.58. The molecule has 0 radical (unpaired) electrons. The summed E-state index contributed by atoms with van der Waals surface area (Å²) in [5.41, 5.74) is 2.03. The number of aromatic nitrogens is 1. The molecule has 1 saturated carbocycles. The lowest BCUT2D eigenvalue weighted by atomic mass is 10.1. The molecule has 1 aliphatic rings. The summed E-state index contributed by atoms with van der Waals surface area (Å²) in [6.07, 6.45) is 6.55. The highest BCUT2D eigenvalue weighted by Crippen LogP contribution is 2.30. The van der Waals surface area contributed by atoms with E-state index >= 15 is 0 Å². The van der Waals surface area contributed by atoms with Gasteiger partial charge in [0.1, 0.15) is 6.26 Å². The molecule has 1 fully saturated rings. The van der Waals surface area contributed by atoms with Crippen molar-refractivity contribution in [3.05, 3.63) is 53.2 Å². The van der Waals surface area contributed by atoms with Crippen molar-refractivity contribution in [2.24, 2.45) is 0 Å². The highest BCUT2D eigenvalue weighted by atomic mass is 16.5. The Hall–Kier alpha value is -2.63. The number of amides is 1. The van der Waals surface area contributed by atoms with Crippen LogP contribution in [0.25, 0.3) is 0 Å². The van der Waals surface area contributed by atoms with E-state index in [1.807, 2.05) is 24.3 Å². The molecule has 1 aromatic heterocycles. The Kier molecular flexibility index (Phi) is 5.71. The van der Waals surface area contributed by atoms with Crippen molar-refractivity contribution in [3.8, 4) is 0 Å². The minimum Gasteiger partial charge on any atom is -0.464 e. The van der Waals surface area contributed by atoms with Gasteiger partial charge in [0.25, 0.3) is 5.91 Å². The van der Waals surface area contributed by atoms with Gasteiger partial charge >= 0.3 is 5.97 Å². The molecular weight excluding hydrogens is 332 g/mol. The number of benzene rings is 1. The van der Waals surface area contributed by atoms with E-state index in [4.69, 9.17) is 4.42 Å². The number of oxazole rings is 1. The van der Waals surface area contributed by atoms with Crippen molar-refractivity contribution in [2.75, 3.05) is 7.11 Å². The number of esters is 1. The average molecular weight is 356 g/mol. The first-order chi connectivity index (χ1) is 12.6. The van der Waals surface area contributed by atoms with Gasteiger partial charge in [0.2, 0.25) is 5.89 Å². The number of methoxy groups -OCH3 is 1. The summed E-state index contributed by atoms with van der Waals surface area (Å²) in [5, 5.41) is 0. The van der Waals surface area contributed by atoms with Crippen molar-refractivity contribution in [1.82, 2.24) is 9.88 Å². The van der Waals surface area contributed by atoms with Crippen LogP contribution in [0.3, 0.4) is 0 Å². The Morgan fingerprint density at radius 1 is 1.27 bits per heavy atom. The first-order valence-corrected chi connectivity index (χ1v) is 9.05. The topological polar surface area (TPSA) is 72.6 Å². The number of hydrogen-bond donors (Lipinski definition) is 0. The fraction of sp³-hybridized carbons (Fsp3) is 0.450. The quantitative estimate of drug-likeness (QED) is 0.676. The van der Waals surface area contributed by atoms with Crippen LogP contribution in [0.1, 0.15) is 64.9 Å². The molecule has 0 spiro atoms. The van der Waals surface area contributed by atoms with E-state index in [1.54, 1.807) is 4.90 Å². The van der Waals surface area contributed by atoms with Crippen LogP contribution >= 0.6 is 0 Å². The van der Waals surface area contributed by atoms with Gasteiger partial charge in [-0.2, -0.15) is 0 Å². The number of ether oxygens (including phenoxy) is 1. The van der Waals surface area contributed by atoms with Crippen molar-refractivity contribution in [3.63, 3.8) is 0 Å². The molecule has 1 amide bonds. The van der Waals surface area contributed by atoms with Crippen LogP contribution in [0.4, 0.5) is 0 Å². The minimum atomic E-state index is -0.549. The van der Waals surface area contributed by atoms with Gasteiger partial charge in [0.05, 0.1) is 13.7 Å². The lowest BCUT2D eigenvalue weighted by molar-refractivity contribution is 0.0594. The number of rotatable bonds is 8. The van der Waals surface area contributed by atoms with E-state index in [0.717, 1.165) is 32.1 Å². The smallest absolute Gasteiger partial charge is 0.360 e. The van der Waals surface area contributed by atoms with Crippen molar-refractivity contribution >= 4 is 11.9 Å². The maximum Gasteiger partial charge on any atom is 0.360 e. The summed E-state index contributed by atoms with van der Waals surface area (Å²) in [4.78, 5) is 30.3. The van der Waals surface area contributed by atoms with Crippen LogP contribution in [0.5, 0.6) is 0 Å². The number of hydrogen-bond acceptors (Lipinski definition) is 5. The molecule has 1 heterocycles. The maximum atomic E-state index is 12.9. The number of unbranched alkanes of at least 4 members (excludes halogenated alkanes) is 1. The molecule has 6 nitrogen and oxygen atoms in total. The van der Waals surface area contributed by atoms with E-state index in [1.165, 1.54) is 18.9 Å². The summed E-state index contributed by atoms with van der Waals surface area (Å²) in [6, 6.07) is 8.02. The molecule has 0 aliphatic heterocycles. The zero-order valence-corrected chi connectivity index (χ0v) is 15.2. The highest BCUT2D eigenvalue weighted by molar-refractivity contribution is 5.94. The predicted octanol–water partition coefficient (Wildman–Crippen LogP) is 3.61. The van der Waals surface area contributed by atoms with Crippen LogP contribution < -0.4 is 0 Å². The molecule has 3 rings (SSSR count). The first-order valence-electron chi connectivity index (χ1n) is 9.05. The Morgan fingerprint density at radius 2 is 2.00 bits per heavy atom. The molecule has 0 bridgehead atoms. The predicted molar refractivity (Wildman–Crippen MR) is 95.8 cm³/mol. The molecule has 0 saturated heterocycles. The monoisotopic (exact) mass is 356 g/mol. The van der Waals surface area contributed by atoms with E-state index in [-0.39, 0.29) is 24.2 Å². The largest absolute Gasteiger partial charge is 0.464 e. The number of aryl methyl sites for hydroxylation is 1. The van der Waals surface area contributed by atoms with Gasteiger partial charge in [-0.1, -0.05) is 25.5 Å². The van der Waals surface area contributed by atoms with Crippen LogP contribution in [-0.2, 0) is 17.7 Å². The highest BCUT2D eigenvalue weighted by Gasteiger charge is 2.34. The van der Waals surface area contributed by atoms with Crippen LogP contribution in [0, 0.1) is 0 Å². The minimum absolute atomic E-state index is 0.0349. The fourth-order valence-electron chi connectivity index (χ4n) is 2.84. The molecule has 0 atom stereocenters. The van der Waals surface area contributed by atoms with E-state index < -0.39 is 5.97 Å². The molecular formula is C20H24N2O4. The Morgan fingerprint density at radius 3 is 2.62 bits per heavy atom. The van der Waals surface area contributed by atoms with Gasteiger partial charge in [-0.3, -0.25) is 4.79 Å². The molecule has 2 aromatic rings. The Bertz CT molecular complexity index is 762. The molecule has 138 valence electrons. The van der Waals surface area contributed by atoms with Gasteiger partial charge in [-0.25, -0.2) is 9.78 Å². The number of carbonyl (C=O) groups excluding carboxylic acids is 2. The summed E-state index contributed by atoms with van der Waals surface area (Å²) in [7, 11) is 1.29. The lowest BCUT2D eigenvalue weighted by Gasteiger charge is -2.21. The third kappa shape index (κ3) is 4.31. The first kappa shape index (κ1) is 18.2. The van der Waals surface area contributed by atoms with Gasteiger partial charge in [0, 0.05) is 11.6 Å². The maximum absolute atomic E-state index is 12.9. The summed E-state index contributed by atoms with van der Waals surface area (Å²) < 4.78 is 9.97. The van der Waals surface area contributed by atoms with Crippen LogP contribution in [-0.4, -0.2) is 34.9 Å². The van der Waals surface area contributed by atoms with Crippen LogP contribution in [0.15, 0.2) is 34.9 Å². The van der Waals surface area contributed by atoms with Crippen molar-refractivity contribution in [2.45, 2.75) is 51.6 Å². The van der Waals surface area contributed by atoms with E-state index in [9.17, 15) is 9.59 Å². The third-order valence-corrected chi connectivity index (χ3v) is 4.52. The van der Waals surface area contributed by atoms with E-state index in [2.05, 4.69) is 16.6 Å². The van der Waals surface area contributed by atoms with Gasteiger partial charge in [-0.15, -0.1) is 0 Å².